The van der Waals surface area contributed by atoms with Crippen molar-refractivity contribution in [2.45, 2.75) is 25.3 Å². The van der Waals surface area contributed by atoms with E-state index in [1.165, 1.54) is 6.07 Å². The van der Waals surface area contributed by atoms with Crippen LogP contribution in [-0.4, -0.2) is 32.9 Å². The van der Waals surface area contributed by atoms with Crippen molar-refractivity contribution >= 4 is 0 Å². The molecule has 1 fully saturated rings. The third-order valence-electron chi connectivity index (χ3n) is 4.99. The van der Waals surface area contributed by atoms with E-state index in [9.17, 15) is 9.18 Å². The van der Waals surface area contributed by atoms with Gasteiger partial charge in [0.1, 0.15) is 11.6 Å². The maximum Gasteiger partial charge on any atom is 0.251 e. The summed E-state index contributed by atoms with van der Waals surface area (Å²) in [6, 6.07) is 12.1. The zero-order chi connectivity index (χ0) is 18.6. The number of pyridine rings is 1. The number of aromatic amines is 1. The van der Waals surface area contributed by atoms with E-state index < -0.39 is 0 Å². The summed E-state index contributed by atoms with van der Waals surface area (Å²) in [4.78, 5) is 25.9. The fourth-order valence-corrected chi connectivity index (χ4v) is 3.64. The molecule has 3 heterocycles. The van der Waals surface area contributed by atoms with Gasteiger partial charge in [-0.05, 0) is 37.6 Å². The number of H-pyrrole nitrogens is 1. The van der Waals surface area contributed by atoms with Crippen molar-refractivity contribution in [3.05, 3.63) is 82.3 Å². The molecule has 1 aliphatic rings. The molecule has 1 saturated heterocycles. The van der Waals surface area contributed by atoms with Crippen LogP contribution in [0.15, 0.2) is 59.7 Å². The average molecular weight is 364 g/mol. The van der Waals surface area contributed by atoms with Gasteiger partial charge in [-0.1, -0.05) is 18.2 Å². The lowest BCUT2D eigenvalue weighted by Gasteiger charge is -2.32. The molecule has 2 aromatic heterocycles. The molecule has 3 aromatic rings. The number of likely N-dealkylation sites (tertiary alicyclic amines) is 1. The van der Waals surface area contributed by atoms with Crippen molar-refractivity contribution in [1.29, 1.82) is 0 Å². The maximum atomic E-state index is 14.0. The minimum absolute atomic E-state index is 0.155. The third kappa shape index (κ3) is 4.11. The molecule has 0 bridgehead atoms. The lowest BCUT2D eigenvalue weighted by atomic mass is 9.94. The van der Waals surface area contributed by atoms with Gasteiger partial charge in [0.25, 0.3) is 5.56 Å². The van der Waals surface area contributed by atoms with Crippen LogP contribution in [0.25, 0.3) is 11.4 Å². The van der Waals surface area contributed by atoms with E-state index in [1.54, 1.807) is 24.5 Å². The van der Waals surface area contributed by atoms with E-state index in [0.29, 0.717) is 17.9 Å². The molecule has 4 rings (SSSR count). The van der Waals surface area contributed by atoms with Crippen LogP contribution in [0.4, 0.5) is 4.39 Å². The van der Waals surface area contributed by atoms with Crippen LogP contribution in [0.3, 0.4) is 0 Å². The van der Waals surface area contributed by atoms with Gasteiger partial charge in [0, 0.05) is 48.6 Å². The number of hydrogen-bond donors (Lipinski definition) is 1. The van der Waals surface area contributed by atoms with Gasteiger partial charge in [0.05, 0.1) is 5.69 Å². The van der Waals surface area contributed by atoms with E-state index in [-0.39, 0.29) is 17.3 Å². The first kappa shape index (κ1) is 17.5. The van der Waals surface area contributed by atoms with Gasteiger partial charge in [-0.2, -0.15) is 0 Å². The summed E-state index contributed by atoms with van der Waals surface area (Å²) in [5.41, 5.74) is 2.18. The molecule has 0 spiro atoms. The molecule has 0 aliphatic carbocycles. The SMILES string of the molecule is O=c1cc([C@H]2CCCN(Cc3ccccc3F)C2)nc(-c2ccncc2)[nH]1. The first-order valence-corrected chi connectivity index (χ1v) is 9.16. The summed E-state index contributed by atoms with van der Waals surface area (Å²) in [7, 11) is 0. The molecule has 0 unspecified atom stereocenters. The molecule has 138 valence electrons. The summed E-state index contributed by atoms with van der Waals surface area (Å²) in [6.45, 7) is 2.26. The zero-order valence-electron chi connectivity index (χ0n) is 14.9. The van der Waals surface area contributed by atoms with Gasteiger partial charge in [-0.25, -0.2) is 9.37 Å². The monoisotopic (exact) mass is 364 g/mol. The second-order valence-corrected chi connectivity index (χ2v) is 6.92. The number of benzene rings is 1. The predicted molar refractivity (Wildman–Crippen MR) is 102 cm³/mol. The van der Waals surface area contributed by atoms with Gasteiger partial charge in [-0.15, -0.1) is 0 Å². The lowest BCUT2D eigenvalue weighted by molar-refractivity contribution is 0.196. The highest BCUT2D eigenvalue weighted by atomic mass is 19.1. The number of hydrogen-bond acceptors (Lipinski definition) is 4. The third-order valence-corrected chi connectivity index (χ3v) is 4.99. The van der Waals surface area contributed by atoms with Gasteiger partial charge in [0.2, 0.25) is 0 Å². The Labute approximate surface area is 156 Å². The molecule has 27 heavy (non-hydrogen) atoms. The first-order chi connectivity index (χ1) is 13.2. The Morgan fingerprint density at radius 3 is 2.81 bits per heavy atom. The highest BCUT2D eigenvalue weighted by Gasteiger charge is 2.24. The zero-order valence-corrected chi connectivity index (χ0v) is 14.9. The molecule has 5 nitrogen and oxygen atoms in total. The van der Waals surface area contributed by atoms with Gasteiger partial charge in [-0.3, -0.25) is 14.7 Å². The predicted octanol–water partition coefficient (Wildman–Crippen LogP) is 3.35. The van der Waals surface area contributed by atoms with Crippen molar-refractivity contribution in [2.75, 3.05) is 13.1 Å². The largest absolute Gasteiger partial charge is 0.307 e. The van der Waals surface area contributed by atoms with E-state index in [0.717, 1.165) is 37.2 Å². The topological polar surface area (TPSA) is 61.9 Å². The molecule has 0 saturated carbocycles. The van der Waals surface area contributed by atoms with Crippen LogP contribution in [0.1, 0.15) is 30.0 Å². The van der Waals surface area contributed by atoms with Crippen LogP contribution in [-0.2, 0) is 6.54 Å². The minimum Gasteiger partial charge on any atom is -0.307 e. The molecule has 1 aliphatic heterocycles. The highest BCUT2D eigenvalue weighted by Crippen LogP contribution is 2.27. The normalized spacial score (nSPS) is 17.7. The smallest absolute Gasteiger partial charge is 0.251 e. The Hall–Kier alpha value is -2.86. The highest BCUT2D eigenvalue weighted by molar-refractivity contribution is 5.53. The van der Waals surface area contributed by atoms with Gasteiger partial charge >= 0.3 is 0 Å². The van der Waals surface area contributed by atoms with E-state index in [1.807, 2.05) is 24.3 Å². The lowest BCUT2D eigenvalue weighted by Crippen LogP contribution is -2.35. The first-order valence-electron chi connectivity index (χ1n) is 9.16. The van der Waals surface area contributed by atoms with Crippen LogP contribution >= 0.6 is 0 Å². The fraction of sp³-hybridized carbons (Fsp3) is 0.286. The van der Waals surface area contributed by atoms with Crippen molar-refractivity contribution in [3.63, 3.8) is 0 Å². The second kappa shape index (κ2) is 7.80. The number of aromatic nitrogens is 3. The summed E-state index contributed by atoms with van der Waals surface area (Å²) in [6.07, 6.45) is 5.33. The van der Waals surface area contributed by atoms with Crippen LogP contribution in [0.2, 0.25) is 0 Å². The standard InChI is InChI=1S/C21H21FN4O/c22-18-6-2-1-4-16(18)13-26-11-3-5-17(14-26)19-12-20(27)25-21(24-19)15-7-9-23-10-8-15/h1-2,4,6-10,12,17H,3,5,11,13-14H2,(H,24,25,27)/t17-/m0/s1. The number of nitrogens with one attached hydrogen (secondary N) is 1. The Morgan fingerprint density at radius 2 is 2.00 bits per heavy atom. The molecular formula is C21H21FN4O. The summed E-state index contributed by atoms with van der Waals surface area (Å²) >= 11 is 0. The number of nitrogens with zero attached hydrogens (tertiary/aromatic N) is 3. The van der Waals surface area contributed by atoms with E-state index in [4.69, 9.17) is 4.98 Å². The summed E-state index contributed by atoms with van der Waals surface area (Å²) < 4.78 is 14.0. The molecule has 0 amide bonds. The molecule has 1 atom stereocenters. The van der Waals surface area contributed by atoms with Crippen LogP contribution in [0.5, 0.6) is 0 Å². The Kier molecular flexibility index (Phi) is 5.07. The summed E-state index contributed by atoms with van der Waals surface area (Å²) in [5.74, 6) is 0.549. The van der Waals surface area contributed by atoms with Crippen molar-refractivity contribution in [1.82, 2.24) is 19.9 Å². The Bertz CT molecular complexity index is 973. The maximum absolute atomic E-state index is 14.0. The molecular weight excluding hydrogens is 343 g/mol. The van der Waals surface area contributed by atoms with Crippen molar-refractivity contribution < 1.29 is 4.39 Å². The minimum atomic E-state index is -0.172. The van der Waals surface area contributed by atoms with Crippen molar-refractivity contribution in [2.24, 2.45) is 0 Å². The van der Waals surface area contributed by atoms with E-state index >= 15 is 0 Å². The average Bonchev–Trinajstić information content (AvgIpc) is 2.70. The number of halogens is 1. The Balaban J connectivity index is 1.55. The summed E-state index contributed by atoms with van der Waals surface area (Å²) in [5, 5.41) is 0. The molecule has 1 aromatic carbocycles. The van der Waals surface area contributed by atoms with Crippen LogP contribution in [0, 0.1) is 5.82 Å². The number of piperidine rings is 1. The quantitative estimate of drug-likeness (QED) is 0.771. The number of rotatable bonds is 4. The molecule has 6 heteroatoms. The second-order valence-electron chi connectivity index (χ2n) is 6.92. The van der Waals surface area contributed by atoms with Gasteiger partial charge in [0.15, 0.2) is 0 Å². The van der Waals surface area contributed by atoms with Crippen LogP contribution < -0.4 is 5.56 Å². The molecule has 1 N–H and O–H groups in total. The van der Waals surface area contributed by atoms with Gasteiger partial charge < -0.3 is 4.98 Å². The molecule has 0 radical (unpaired) electrons. The Morgan fingerprint density at radius 1 is 1.19 bits per heavy atom. The van der Waals surface area contributed by atoms with Crippen molar-refractivity contribution in [3.8, 4) is 11.4 Å². The van der Waals surface area contributed by atoms with E-state index in [2.05, 4.69) is 14.9 Å². The fourth-order valence-electron chi connectivity index (χ4n) is 3.64.